The summed E-state index contributed by atoms with van der Waals surface area (Å²) in [7, 11) is 1.38. The first-order valence-electron chi connectivity index (χ1n) is 9.79. The summed E-state index contributed by atoms with van der Waals surface area (Å²) in [4.78, 5) is 11.5. The van der Waals surface area contributed by atoms with Gasteiger partial charge < -0.3 is 9.47 Å². The SMILES string of the molecule is COC(=O)c1ccc(COc2ccc(/C=N/N3C(C)CCCC3C)cc2)cc1. The largest absolute Gasteiger partial charge is 0.489 e. The molecule has 2 unspecified atom stereocenters. The van der Waals surface area contributed by atoms with Gasteiger partial charge in [-0.1, -0.05) is 12.1 Å². The Labute approximate surface area is 167 Å². The van der Waals surface area contributed by atoms with E-state index in [1.54, 1.807) is 12.1 Å². The number of benzene rings is 2. The smallest absolute Gasteiger partial charge is 0.337 e. The van der Waals surface area contributed by atoms with E-state index in [0.717, 1.165) is 16.9 Å². The number of ether oxygens (including phenoxy) is 2. The minimum absolute atomic E-state index is 0.335. The molecule has 2 aromatic carbocycles. The van der Waals surface area contributed by atoms with Crippen molar-refractivity contribution < 1.29 is 14.3 Å². The second-order valence-corrected chi connectivity index (χ2v) is 7.30. The van der Waals surface area contributed by atoms with E-state index in [2.05, 4.69) is 18.9 Å². The highest BCUT2D eigenvalue weighted by Crippen LogP contribution is 2.22. The van der Waals surface area contributed by atoms with Crippen LogP contribution in [0.25, 0.3) is 0 Å². The zero-order valence-electron chi connectivity index (χ0n) is 16.8. The van der Waals surface area contributed by atoms with Gasteiger partial charge in [0.1, 0.15) is 12.4 Å². The molecule has 0 aromatic heterocycles. The molecule has 0 radical (unpaired) electrons. The van der Waals surface area contributed by atoms with E-state index in [-0.39, 0.29) is 5.97 Å². The van der Waals surface area contributed by atoms with Crippen LogP contribution in [0.4, 0.5) is 0 Å². The summed E-state index contributed by atoms with van der Waals surface area (Å²) in [6, 6.07) is 16.1. The van der Waals surface area contributed by atoms with Crippen molar-refractivity contribution in [2.45, 2.75) is 51.8 Å². The maximum atomic E-state index is 11.5. The summed E-state index contributed by atoms with van der Waals surface area (Å²) < 4.78 is 10.5. The lowest BCUT2D eigenvalue weighted by Crippen LogP contribution is -2.39. The topological polar surface area (TPSA) is 51.1 Å². The Balaban J connectivity index is 1.54. The third kappa shape index (κ3) is 5.12. The number of piperidine rings is 1. The molecule has 0 bridgehead atoms. The van der Waals surface area contributed by atoms with Crippen LogP contribution in [0.5, 0.6) is 5.75 Å². The van der Waals surface area contributed by atoms with E-state index in [1.807, 2.05) is 42.6 Å². The fourth-order valence-electron chi connectivity index (χ4n) is 3.44. The molecule has 28 heavy (non-hydrogen) atoms. The van der Waals surface area contributed by atoms with Crippen molar-refractivity contribution in [1.29, 1.82) is 0 Å². The van der Waals surface area contributed by atoms with Gasteiger partial charge in [0.15, 0.2) is 0 Å². The second-order valence-electron chi connectivity index (χ2n) is 7.30. The van der Waals surface area contributed by atoms with Gasteiger partial charge in [-0.05, 0) is 80.6 Å². The molecule has 5 heteroatoms. The summed E-state index contributed by atoms with van der Waals surface area (Å²) >= 11 is 0. The molecule has 1 fully saturated rings. The predicted octanol–water partition coefficient (Wildman–Crippen LogP) is 4.65. The van der Waals surface area contributed by atoms with Crippen LogP contribution in [-0.2, 0) is 11.3 Å². The maximum Gasteiger partial charge on any atom is 0.337 e. The minimum Gasteiger partial charge on any atom is -0.489 e. The van der Waals surface area contributed by atoms with Gasteiger partial charge in [0.25, 0.3) is 0 Å². The lowest BCUT2D eigenvalue weighted by molar-refractivity contribution is 0.0600. The molecule has 0 aliphatic carbocycles. The molecule has 0 saturated carbocycles. The van der Waals surface area contributed by atoms with Gasteiger partial charge in [-0.25, -0.2) is 4.79 Å². The Hall–Kier alpha value is -2.82. The van der Waals surface area contributed by atoms with Crippen LogP contribution in [0, 0.1) is 0 Å². The molecule has 2 atom stereocenters. The number of rotatable bonds is 6. The predicted molar refractivity (Wildman–Crippen MR) is 111 cm³/mol. The highest BCUT2D eigenvalue weighted by Gasteiger charge is 2.22. The summed E-state index contributed by atoms with van der Waals surface area (Å²) in [5, 5.41) is 6.91. The molecule has 1 aliphatic heterocycles. The number of hydrogen-bond acceptors (Lipinski definition) is 5. The Kier molecular flexibility index (Phi) is 6.69. The molecule has 2 aromatic rings. The zero-order valence-corrected chi connectivity index (χ0v) is 16.8. The van der Waals surface area contributed by atoms with Crippen molar-refractivity contribution in [1.82, 2.24) is 5.01 Å². The number of carbonyl (C=O) groups excluding carboxylic acids is 1. The molecular weight excluding hydrogens is 352 g/mol. The van der Waals surface area contributed by atoms with Gasteiger partial charge >= 0.3 is 5.97 Å². The lowest BCUT2D eigenvalue weighted by Gasteiger charge is -2.36. The van der Waals surface area contributed by atoms with Gasteiger partial charge in [0, 0.05) is 12.1 Å². The quantitative estimate of drug-likeness (QED) is 0.541. The van der Waals surface area contributed by atoms with Crippen LogP contribution < -0.4 is 4.74 Å². The number of carbonyl (C=O) groups is 1. The minimum atomic E-state index is -0.335. The number of nitrogens with zero attached hydrogens (tertiary/aromatic N) is 2. The van der Waals surface area contributed by atoms with Crippen LogP contribution >= 0.6 is 0 Å². The number of methoxy groups -OCH3 is 1. The van der Waals surface area contributed by atoms with Crippen molar-refractivity contribution in [2.24, 2.45) is 5.10 Å². The van der Waals surface area contributed by atoms with Gasteiger partial charge in [0.2, 0.25) is 0 Å². The summed E-state index contributed by atoms with van der Waals surface area (Å²) in [5.74, 6) is 0.465. The maximum absolute atomic E-state index is 11.5. The van der Waals surface area contributed by atoms with E-state index in [0.29, 0.717) is 24.3 Å². The second kappa shape index (κ2) is 9.40. The Morgan fingerprint density at radius 1 is 1.07 bits per heavy atom. The van der Waals surface area contributed by atoms with Crippen molar-refractivity contribution in [3.63, 3.8) is 0 Å². The molecule has 1 heterocycles. The average Bonchev–Trinajstić information content (AvgIpc) is 2.72. The Morgan fingerprint density at radius 3 is 2.32 bits per heavy atom. The van der Waals surface area contributed by atoms with E-state index < -0.39 is 0 Å². The Morgan fingerprint density at radius 2 is 1.71 bits per heavy atom. The summed E-state index contributed by atoms with van der Waals surface area (Å²) in [5.41, 5.74) is 2.58. The average molecular weight is 380 g/mol. The lowest BCUT2D eigenvalue weighted by atomic mass is 10.00. The molecule has 3 rings (SSSR count). The highest BCUT2D eigenvalue weighted by atomic mass is 16.5. The van der Waals surface area contributed by atoms with E-state index in [1.165, 1.54) is 26.4 Å². The zero-order chi connectivity index (χ0) is 19.9. The highest BCUT2D eigenvalue weighted by molar-refractivity contribution is 5.89. The van der Waals surface area contributed by atoms with Crippen LogP contribution in [-0.4, -0.2) is 36.4 Å². The number of hydrogen-bond donors (Lipinski definition) is 0. The van der Waals surface area contributed by atoms with Gasteiger partial charge in [-0.3, -0.25) is 5.01 Å². The first kappa shape index (κ1) is 19.9. The van der Waals surface area contributed by atoms with Crippen LogP contribution in [0.3, 0.4) is 0 Å². The first-order chi connectivity index (χ1) is 13.6. The van der Waals surface area contributed by atoms with Crippen LogP contribution in [0.15, 0.2) is 53.6 Å². The van der Waals surface area contributed by atoms with Crippen LogP contribution in [0.2, 0.25) is 0 Å². The molecule has 148 valence electrons. The van der Waals surface area contributed by atoms with Crippen molar-refractivity contribution in [2.75, 3.05) is 7.11 Å². The van der Waals surface area contributed by atoms with Gasteiger partial charge in [-0.2, -0.15) is 5.10 Å². The summed E-state index contributed by atoms with van der Waals surface area (Å²) in [6.45, 7) is 4.92. The standard InChI is InChI=1S/C23H28N2O3/c1-17-5-4-6-18(2)25(17)24-15-19-9-13-22(14-10-19)28-16-20-7-11-21(12-8-20)23(26)27-3/h7-15,17-18H,4-6,16H2,1-3H3/b24-15+. The fraction of sp³-hybridized carbons (Fsp3) is 0.391. The normalized spacial score (nSPS) is 19.6. The molecule has 0 spiro atoms. The monoisotopic (exact) mass is 380 g/mol. The molecule has 1 saturated heterocycles. The molecule has 5 nitrogen and oxygen atoms in total. The number of esters is 1. The van der Waals surface area contributed by atoms with Crippen LogP contribution in [0.1, 0.15) is 54.6 Å². The third-order valence-corrected chi connectivity index (χ3v) is 5.15. The van der Waals surface area contributed by atoms with Gasteiger partial charge in [-0.15, -0.1) is 0 Å². The number of hydrazone groups is 1. The Bertz CT molecular complexity index is 790. The van der Waals surface area contributed by atoms with E-state index in [9.17, 15) is 4.79 Å². The molecule has 0 amide bonds. The fourth-order valence-corrected chi connectivity index (χ4v) is 3.44. The van der Waals surface area contributed by atoms with Crippen molar-refractivity contribution >= 4 is 12.2 Å². The molecule has 0 N–H and O–H groups in total. The van der Waals surface area contributed by atoms with E-state index >= 15 is 0 Å². The molecular formula is C23H28N2O3. The van der Waals surface area contributed by atoms with Crippen molar-refractivity contribution in [3.05, 3.63) is 65.2 Å². The first-order valence-corrected chi connectivity index (χ1v) is 9.79. The molecule has 1 aliphatic rings. The third-order valence-electron chi connectivity index (χ3n) is 5.15. The van der Waals surface area contributed by atoms with Crippen molar-refractivity contribution in [3.8, 4) is 5.75 Å². The van der Waals surface area contributed by atoms with E-state index in [4.69, 9.17) is 14.6 Å². The summed E-state index contributed by atoms with van der Waals surface area (Å²) in [6.07, 6.45) is 5.61. The van der Waals surface area contributed by atoms with Gasteiger partial charge in [0.05, 0.1) is 18.9 Å².